The van der Waals surface area contributed by atoms with E-state index < -0.39 is 0 Å². The number of hydrogen-bond donors (Lipinski definition) is 2. The Labute approximate surface area is 193 Å². The van der Waals surface area contributed by atoms with E-state index >= 15 is 0 Å². The van der Waals surface area contributed by atoms with Crippen molar-refractivity contribution in [1.82, 2.24) is 19.9 Å². The SMILES string of the molecule is Cc1cccc(-n2c(N)c(C(=O)NCCC3=CCCCC3)c3nc4ccccc4nc32)c1C. The molecule has 0 saturated carbocycles. The fourth-order valence-corrected chi connectivity index (χ4v) is 4.66. The van der Waals surface area contributed by atoms with Crippen LogP contribution < -0.4 is 11.1 Å². The zero-order valence-electron chi connectivity index (χ0n) is 19.2. The van der Waals surface area contributed by atoms with Crippen LogP contribution in [0.15, 0.2) is 54.1 Å². The van der Waals surface area contributed by atoms with Gasteiger partial charge < -0.3 is 11.1 Å². The van der Waals surface area contributed by atoms with Crippen LogP contribution in [0.5, 0.6) is 0 Å². The van der Waals surface area contributed by atoms with Crippen LogP contribution in [0.3, 0.4) is 0 Å². The molecule has 0 aliphatic heterocycles. The van der Waals surface area contributed by atoms with Gasteiger partial charge in [0.15, 0.2) is 5.65 Å². The van der Waals surface area contributed by atoms with Crippen LogP contribution in [0.25, 0.3) is 27.9 Å². The number of nitrogen functional groups attached to an aromatic ring is 1. The monoisotopic (exact) mass is 439 g/mol. The van der Waals surface area contributed by atoms with Gasteiger partial charge in [-0.05, 0) is 75.3 Å². The van der Waals surface area contributed by atoms with Crippen LogP contribution in [-0.4, -0.2) is 27.0 Å². The number of rotatable bonds is 5. The molecular formula is C27H29N5O. The van der Waals surface area contributed by atoms with Crippen LogP contribution >= 0.6 is 0 Å². The molecule has 1 amide bonds. The zero-order chi connectivity index (χ0) is 22.9. The van der Waals surface area contributed by atoms with Gasteiger partial charge in [-0.25, -0.2) is 9.97 Å². The topological polar surface area (TPSA) is 85.8 Å². The number of para-hydroxylation sites is 2. The maximum absolute atomic E-state index is 13.4. The molecule has 0 spiro atoms. The van der Waals surface area contributed by atoms with Crippen molar-refractivity contribution in [2.45, 2.75) is 46.0 Å². The van der Waals surface area contributed by atoms with E-state index in [1.807, 2.05) is 41.0 Å². The van der Waals surface area contributed by atoms with E-state index in [1.54, 1.807) is 0 Å². The molecule has 33 heavy (non-hydrogen) atoms. The average Bonchev–Trinajstić information content (AvgIpc) is 3.10. The largest absolute Gasteiger partial charge is 0.384 e. The fraction of sp³-hybridized carbons (Fsp3) is 0.296. The number of allylic oxidation sites excluding steroid dienone is 1. The Hall–Kier alpha value is -3.67. The number of carbonyl (C=O) groups is 1. The van der Waals surface area contributed by atoms with Gasteiger partial charge in [-0.3, -0.25) is 9.36 Å². The smallest absolute Gasteiger partial charge is 0.257 e. The number of nitrogens with zero attached hydrogens (tertiary/aromatic N) is 3. The number of carbonyl (C=O) groups excluding carboxylic acids is 1. The van der Waals surface area contributed by atoms with E-state index in [0.29, 0.717) is 29.1 Å². The molecular weight excluding hydrogens is 410 g/mol. The maximum atomic E-state index is 13.4. The van der Waals surface area contributed by atoms with Gasteiger partial charge in [-0.2, -0.15) is 0 Å². The van der Waals surface area contributed by atoms with E-state index in [0.717, 1.165) is 47.1 Å². The Morgan fingerprint density at radius 3 is 2.61 bits per heavy atom. The van der Waals surface area contributed by atoms with Crippen LogP contribution in [0, 0.1) is 13.8 Å². The van der Waals surface area contributed by atoms with E-state index in [-0.39, 0.29) is 5.91 Å². The number of aromatic nitrogens is 3. The number of fused-ring (bicyclic) bond motifs is 2. The summed E-state index contributed by atoms with van der Waals surface area (Å²) < 4.78 is 1.87. The van der Waals surface area contributed by atoms with E-state index in [2.05, 4.69) is 31.3 Å². The van der Waals surface area contributed by atoms with Crippen molar-refractivity contribution in [2.75, 3.05) is 12.3 Å². The first-order valence-corrected chi connectivity index (χ1v) is 11.6. The Bertz CT molecular complexity index is 1400. The molecule has 6 heteroatoms. The Morgan fingerprint density at radius 2 is 1.85 bits per heavy atom. The van der Waals surface area contributed by atoms with Crippen molar-refractivity contribution in [2.24, 2.45) is 0 Å². The highest BCUT2D eigenvalue weighted by Crippen LogP contribution is 2.32. The predicted octanol–water partition coefficient (Wildman–Crippen LogP) is 5.39. The third-order valence-electron chi connectivity index (χ3n) is 6.66. The van der Waals surface area contributed by atoms with E-state index in [4.69, 9.17) is 15.7 Å². The number of aryl methyl sites for hydroxylation is 1. The minimum Gasteiger partial charge on any atom is -0.384 e. The van der Waals surface area contributed by atoms with Gasteiger partial charge >= 0.3 is 0 Å². The van der Waals surface area contributed by atoms with Gasteiger partial charge in [0, 0.05) is 6.54 Å². The Morgan fingerprint density at radius 1 is 1.06 bits per heavy atom. The second-order valence-corrected chi connectivity index (χ2v) is 8.81. The molecule has 2 aromatic heterocycles. The van der Waals surface area contributed by atoms with E-state index in [9.17, 15) is 4.79 Å². The van der Waals surface area contributed by atoms with Crippen LogP contribution in [0.2, 0.25) is 0 Å². The van der Waals surface area contributed by atoms with Crippen molar-refractivity contribution in [3.63, 3.8) is 0 Å². The lowest BCUT2D eigenvalue weighted by molar-refractivity contribution is 0.0956. The first-order valence-electron chi connectivity index (χ1n) is 11.6. The third-order valence-corrected chi connectivity index (χ3v) is 6.66. The number of nitrogens with one attached hydrogen (secondary N) is 1. The minimum atomic E-state index is -0.206. The zero-order valence-corrected chi connectivity index (χ0v) is 19.2. The molecule has 4 aromatic rings. The molecule has 0 saturated heterocycles. The molecule has 168 valence electrons. The summed E-state index contributed by atoms with van der Waals surface area (Å²) in [7, 11) is 0. The highest BCUT2D eigenvalue weighted by Gasteiger charge is 2.25. The van der Waals surface area contributed by atoms with Gasteiger partial charge in [-0.15, -0.1) is 0 Å². The van der Waals surface area contributed by atoms with Gasteiger partial charge in [0.2, 0.25) is 0 Å². The van der Waals surface area contributed by atoms with Crippen molar-refractivity contribution in [3.8, 4) is 5.69 Å². The number of hydrogen-bond acceptors (Lipinski definition) is 4. The Balaban J connectivity index is 1.61. The second-order valence-electron chi connectivity index (χ2n) is 8.81. The third kappa shape index (κ3) is 3.86. The second kappa shape index (κ2) is 8.70. The molecule has 2 aromatic carbocycles. The summed E-state index contributed by atoms with van der Waals surface area (Å²) in [6.07, 6.45) is 7.95. The molecule has 0 fully saturated rings. The summed E-state index contributed by atoms with van der Waals surface area (Å²) in [5, 5.41) is 3.08. The average molecular weight is 440 g/mol. The standard InChI is InChI=1S/C27H29N5O/c1-17-9-8-14-22(18(17)2)32-25(28)23(27(33)29-16-15-19-10-4-3-5-11-19)24-26(32)31-21-13-7-6-12-20(21)30-24/h6-10,12-14H,3-5,11,15-16,28H2,1-2H3,(H,29,33). The summed E-state index contributed by atoms with van der Waals surface area (Å²) >= 11 is 0. The van der Waals surface area contributed by atoms with Crippen LogP contribution in [-0.2, 0) is 0 Å². The van der Waals surface area contributed by atoms with Gasteiger partial charge in [0.05, 0.1) is 16.7 Å². The normalized spacial score (nSPS) is 13.9. The molecule has 5 rings (SSSR count). The molecule has 0 unspecified atom stereocenters. The molecule has 0 atom stereocenters. The maximum Gasteiger partial charge on any atom is 0.257 e. The summed E-state index contributed by atoms with van der Waals surface area (Å²) in [5.41, 5.74) is 14.3. The summed E-state index contributed by atoms with van der Waals surface area (Å²) in [5.74, 6) is 0.158. The highest BCUT2D eigenvalue weighted by molar-refractivity contribution is 6.11. The van der Waals surface area contributed by atoms with Crippen LogP contribution in [0.4, 0.5) is 5.82 Å². The first-order chi connectivity index (χ1) is 16.0. The predicted molar refractivity (Wildman–Crippen MR) is 134 cm³/mol. The van der Waals surface area contributed by atoms with Gasteiger partial charge in [0.1, 0.15) is 16.9 Å². The molecule has 1 aliphatic rings. The lowest BCUT2D eigenvalue weighted by Crippen LogP contribution is -2.26. The molecule has 6 nitrogen and oxygen atoms in total. The summed E-state index contributed by atoms with van der Waals surface area (Å²) in [6.45, 7) is 4.71. The van der Waals surface area contributed by atoms with Crippen LogP contribution in [0.1, 0.15) is 53.6 Å². The Kier molecular flexibility index (Phi) is 5.58. The number of benzene rings is 2. The number of anilines is 1. The summed E-state index contributed by atoms with van der Waals surface area (Å²) in [4.78, 5) is 23.1. The van der Waals surface area contributed by atoms with Crippen molar-refractivity contribution < 1.29 is 4.79 Å². The molecule has 2 heterocycles. The highest BCUT2D eigenvalue weighted by atomic mass is 16.1. The minimum absolute atomic E-state index is 0.206. The molecule has 3 N–H and O–H groups in total. The quantitative estimate of drug-likeness (QED) is 0.408. The van der Waals surface area contributed by atoms with Crippen molar-refractivity contribution in [3.05, 3.63) is 70.8 Å². The van der Waals surface area contributed by atoms with Crippen molar-refractivity contribution in [1.29, 1.82) is 0 Å². The fourth-order valence-electron chi connectivity index (χ4n) is 4.66. The molecule has 0 radical (unpaired) electrons. The lowest BCUT2D eigenvalue weighted by Gasteiger charge is -2.13. The summed E-state index contributed by atoms with van der Waals surface area (Å²) in [6, 6.07) is 13.8. The molecule has 1 aliphatic carbocycles. The molecule has 0 bridgehead atoms. The van der Waals surface area contributed by atoms with Gasteiger partial charge in [0.25, 0.3) is 5.91 Å². The lowest BCUT2D eigenvalue weighted by atomic mass is 9.97. The number of amides is 1. The van der Waals surface area contributed by atoms with Crippen molar-refractivity contribution >= 4 is 33.9 Å². The van der Waals surface area contributed by atoms with Gasteiger partial charge in [-0.1, -0.05) is 35.9 Å². The first kappa shape index (κ1) is 21.2. The van der Waals surface area contributed by atoms with E-state index in [1.165, 1.54) is 18.4 Å². The number of nitrogens with two attached hydrogens (primary N) is 1.